The standard InChI is InChI=1S/C20H16BrCl2N5O4/c1-10-6-12(22)8-13(18(29)26-27-20(31)32-2)16(10)25-19(30)15-7-11(21)9-28(15)17-14(23)4-3-5-24-17/h3-9H,1-2H3,(H,25,30)(H,26,29)(H,27,31). The Kier molecular flexibility index (Phi) is 7.39. The smallest absolute Gasteiger partial charge is 0.425 e. The Labute approximate surface area is 201 Å². The van der Waals surface area contributed by atoms with Gasteiger partial charge in [0.2, 0.25) is 0 Å². The summed E-state index contributed by atoms with van der Waals surface area (Å²) in [7, 11) is 1.15. The molecule has 0 fully saturated rings. The molecule has 0 bridgehead atoms. The number of aryl methyl sites for hydroxylation is 1. The van der Waals surface area contributed by atoms with E-state index in [0.717, 1.165) is 7.11 Å². The molecule has 12 heteroatoms. The molecule has 0 aliphatic rings. The van der Waals surface area contributed by atoms with Crippen molar-refractivity contribution in [3.05, 3.63) is 74.1 Å². The average Bonchev–Trinajstić information content (AvgIpc) is 3.15. The Bertz CT molecular complexity index is 1210. The van der Waals surface area contributed by atoms with Gasteiger partial charge in [0.05, 0.1) is 23.4 Å². The number of hydrogen-bond donors (Lipinski definition) is 3. The Morgan fingerprint density at radius 1 is 1.12 bits per heavy atom. The molecule has 0 spiro atoms. The van der Waals surface area contributed by atoms with Crippen LogP contribution in [0.3, 0.4) is 0 Å². The van der Waals surface area contributed by atoms with Crippen LogP contribution >= 0.6 is 39.1 Å². The van der Waals surface area contributed by atoms with Crippen molar-refractivity contribution in [3.63, 3.8) is 0 Å². The molecule has 166 valence electrons. The maximum Gasteiger partial charge on any atom is 0.425 e. The van der Waals surface area contributed by atoms with Crippen molar-refractivity contribution in [1.29, 1.82) is 0 Å². The molecule has 3 aromatic rings. The number of rotatable bonds is 4. The van der Waals surface area contributed by atoms with Gasteiger partial charge < -0.3 is 10.1 Å². The Morgan fingerprint density at radius 2 is 1.88 bits per heavy atom. The van der Waals surface area contributed by atoms with E-state index in [9.17, 15) is 14.4 Å². The Morgan fingerprint density at radius 3 is 2.56 bits per heavy atom. The largest absolute Gasteiger partial charge is 0.452 e. The van der Waals surface area contributed by atoms with Crippen LogP contribution in [0.25, 0.3) is 5.82 Å². The molecule has 0 saturated carbocycles. The zero-order chi connectivity index (χ0) is 23.4. The van der Waals surface area contributed by atoms with Crippen molar-refractivity contribution in [2.45, 2.75) is 6.92 Å². The molecule has 0 unspecified atom stereocenters. The third kappa shape index (κ3) is 5.21. The second-order valence-corrected chi connectivity index (χ2v) is 8.15. The van der Waals surface area contributed by atoms with Crippen LogP contribution in [0, 0.1) is 6.92 Å². The summed E-state index contributed by atoms with van der Waals surface area (Å²) in [6.07, 6.45) is 2.33. The summed E-state index contributed by atoms with van der Waals surface area (Å²) in [5, 5.41) is 3.35. The summed E-state index contributed by atoms with van der Waals surface area (Å²) >= 11 is 15.7. The minimum Gasteiger partial charge on any atom is -0.452 e. The number of hydrazine groups is 1. The van der Waals surface area contributed by atoms with Crippen LogP contribution in [0.4, 0.5) is 10.5 Å². The first-order chi connectivity index (χ1) is 15.2. The molecule has 9 nitrogen and oxygen atoms in total. The van der Waals surface area contributed by atoms with Crippen LogP contribution < -0.4 is 16.2 Å². The summed E-state index contributed by atoms with van der Waals surface area (Å²) in [5.41, 5.74) is 5.25. The van der Waals surface area contributed by atoms with Gasteiger partial charge in [0.1, 0.15) is 5.69 Å². The maximum atomic E-state index is 13.2. The van der Waals surface area contributed by atoms with E-state index >= 15 is 0 Å². The number of pyridine rings is 1. The van der Waals surface area contributed by atoms with Crippen LogP contribution in [-0.4, -0.2) is 34.6 Å². The van der Waals surface area contributed by atoms with Gasteiger partial charge in [0, 0.05) is 21.9 Å². The lowest BCUT2D eigenvalue weighted by Crippen LogP contribution is -2.41. The molecule has 0 aliphatic carbocycles. The molecule has 2 aromatic heterocycles. The number of nitrogens with one attached hydrogen (secondary N) is 3. The third-order valence-corrected chi connectivity index (χ3v) is 5.18. The quantitative estimate of drug-likeness (QED) is 0.421. The fourth-order valence-corrected chi connectivity index (χ4v) is 3.73. The lowest BCUT2D eigenvalue weighted by Gasteiger charge is -2.16. The van der Waals surface area contributed by atoms with E-state index in [-0.39, 0.29) is 22.0 Å². The van der Waals surface area contributed by atoms with Gasteiger partial charge in [0.25, 0.3) is 11.8 Å². The number of hydrogen-bond acceptors (Lipinski definition) is 5. The fraction of sp³-hybridized carbons (Fsp3) is 0.100. The van der Waals surface area contributed by atoms with Crippen LogP contribution in [0.5, 0.6) is 0 Å². The third-order valence-electron chi connectivity index (χ3n) is 4.23. The number of halogens is 3. The number of benzene rings is 1. The van der Waals surface area contributed by atoms with Gasteiger partial charge in [-0.15, -0.1) is 0 Å². The SMILES string of the molecule is COC(=O)NNC(=O)c1cc(Cl)cc(C)c1NC(=O)c1cc(Br)cn1-c1ncccc1Cl. The summed E-state index contributed by atoms with van der Waals surface area (Å²) in [6.45, 7) is 1.68. The van der Waals surface area contributed by atoms with Gasteiger partial charge in [-0.3, -0.25) is 19.6 Å². The highest BCUT2D eigenvalue weighted by atomic mass is 79.9. The first kappa shape index (κ1) is 23.6. The Balaban J connectivity index is 1.96. The minimum atomic E-state index is -0.863. The number of ether oxygens (including phenoxy) is 1. The van der Waals surface area contributed by atoms with Crippen LogP contribution in [0.15, 0.2) is 47.2 Å². The van der Waals surface area contributed by atoms with Crippen molar-refractivity contribution in [2.24, 2.45) is 0 Å². The van der Waals surface area contributed by atoms with E-state index in [1.807, 2.05) is 0 Å². The van der Waals surface area contributed by atoms with Crippen molar-refractivity contribution in [3.8, 4) is 5.82 Å². The summed E-state index contributed by atoms with van der Waals surface area (Å²) in [6, 6.07) is 7.87. The first-order valence-corrected chi connectivity index (χ1v) is 10.5. The van der Waals surface area contributed by atoms with Crippen LogP contribution in [-0.2, 0) is 4.74 Å². The number of nitrogens with zero attached hydrogens (tertiary/aromatic N) is 2. The second kappa shape index (κ2) is 10.0. The van der Waals surface area contributed by atoms with Crippen molar-refractivity contribution < 1.29 is 19.1 Å². The average molecular weight is 541 g/mol. The molecule has 1 aromatic carbocycles. The zero-order valence-electron chi connectivity index (χ0n) is 16.7. The molecule has 0 saturated heterocycles. The lowest BCUT2D eigenvalue weighted by molar-refractivity contribution is 0.0921. The number of carbonyl (C=O) groups excluding carboxylic acids is 3. The lowest BCUT2D eigenvalue weighted by atomic mass is 10.1. The molecular formula is C20H16BrCl2N5O4. The monoisotopic (exact) mass is 539 g/mol. The normalized spacial score (nSPS) is 10.4. The first-order valence-electron chi connectivity index (χ1n) is 8.95. The molecule has 0 radical (unpaired) electrons. The van der Waals surface area contributed by atoms with Crippen LogP contribution in [0.1, 0.15) is 26.4 Å². The van der Waals surface area contributed by atoms with Gasteiger partial charge in [-0.25, -0.2) is 15.2 Å². The molecule has 3 rings (SSSR count). The molecule has 0 atom stereocenters. The highest BCUT2D eigenvalue weighted by Crippen LogP contribution is 2.28. The summed E-state index contributed by atoms with van der Waals surface area (Å²) in [5.74, 6) is -0.878. The van der Waals surface area contributed by atoms with Gasteiger partial charge >= 0.3 is 6.09 Å². The van der Waals surface area contributed by atoms with E-state index in [0.29, 0.717) is 20.9 Å². The van der Waals surface area contributed by atoms with Crippen molar-refractivity contribution >= 4 is 62.7 Å². The van der Waals surface area contributed by atoms with Gasteiger partial charge in [-0.05, 0) is 58.7 Å². The Hall–Kier alpha value is -3.08. The number of aromatic nitrogens is 2. The zero-order valence-corrected chi connectivity index (χ0v) is 19.8. The van der Waals surface area contributed by atoms with E-state index in [1.165, 1.54) is 10.6 Å². The summed E-state index contributed by atoms with van der Waals surface area (Å²) < 4.78 is 6.56. The molecular weight excluding hydrogens is 525 g/mol. The van der Waals surface area contributed by atoms with E-state index in [2.05, 4.69) is 41.8 Å². The molecule has 32 heavy (non-hydrogen) atoms. The second-order valence-electron chi connectivity index (χ2n) is 6.39. The predicted octanol–water partition coefficient (Wildman–Crippen LogP) is 4.50. The van der Waals surface area contributed by atoms with Gasteiger partial charge in [0.15, 0.2) is 5.82 Å². The van der Waals surface area contributed by atoms with Gasteiger partial charge in [-0.1, -0.05) is 23.2 Å². The van der Waals surface area contributed by atoms with E-state index in [1.54, 1.807) is 43.6 Å². The van der Waals surface area contributed by atoms with E-state index < -0.39 is 17.9 Å². The van der Waals surface area contributed by atoms with Crippen molar-refractivity contribution in [1.82, 2.24) is 20.4 Å². The maximum absolute atomic E-state index is 13.2. The molecule has 3 amide bonds. The fourth-order valence-electron chi connectivity index (χ4n) is 2.83. The minimum absolute atomic E-state index is 0.0350. The van der Waals surface area contributed by atoms with Crippen LogP contribution in [0.2, 0.25) is 10.0 Å². The molecule has 0 aliphatic heterocycles. The van der Waals surface area contributed by atoms with Gasteiger partial charge in [-0.2, -0.15) is 0 Å². The number of anilines is 1. The topological polar surface area (TPSA) is 114 Å². The predicted molar refractivity (Wildman–Crippen MR) is 123 cm³/mol. The van der Waals surface area contributed by atoms with E-state index in [4.69, 9.17) is 23.2 Å². The molecule has 3 N–H and O–H groups in total. The number of amides is 3. The summed E-state index contributed by atoms with van der Waals surface area (Å²) in [4.78, 5) is 41.3. The number of carbonyl (C=O) groups is 3. The van der Waals surface area contributed by atoms with Crippen molar-refractivity contribution in [2.75, 3.05) is 12.4 Å². The molecule has 2 heterocycles. The highest BCUT2D eigenvalue weighted by molar-refractivity contribution is 9.10. The number of methoxy groups -OCH3 is 1. The highest BCUT2D eigenvalue weighted by Gasteiger charge is 2.22.